The van der Waals surface area contributed by atoms with Gasteiger partial charge >= 0.3 is 0 Å². The van der Waals surface area contributed by atoms with Crippen molar-refractivity contribution in [2.24, 2.45) is 11.7 Å². The number of carbonyl (C=O) groups is 4. The van der Waals surface area contributed by atoms with Crippen molar-refractivity contribution in [1.29, 1.82) is 0 Å². The van der Waals surface area contributed by atoms with Gasteiger partial charge in [-0.05, 0) is 49.2 Å². The molecule has 2 heterocycles. The minimum absolute atomic E-state index is 0.153. The zero-order chi connectivity index (χ0) is 22.1. The molecule has 0 spiro atoms. The van der Waals surface area contributed by atoms with Crippen molar-refractivity contribution in [1.82, 2.24) is 9.80 Å². The van der Waals surface area contributed by atoms with Gasteiger partial charge in [-0.3, -0.25) is 29.0 Å². The topological polar surface area (TPSA) is 113 Å². The van der Waals surface area contributed by atoms with Gasteiger partial charge in [0.2, 0.25) is 5.91 Å². The standard InChI is InChI=1S/C23H24N4O4/c1-26-22(30)17-9-8-14(11-18(17)23(26)31)21(29)25-19-7-3-2-5-15(19)12-27-10-4-6-16(13-27)20(24)28/h2-3,5,7-9,11,16H,4,6,10,12-13H2,1H3,(H2,24,28)(H,25,29). The van der Waals surface area contributed by atoms with Crippen LogP contribution in [0.1, 0.15) is 49.5 Å². The molecule has 1 unspecified atom stereocenters. The fourth-order valence-corrected chi connectivity index (χ4v) is 4.15. The molecule has 160 valence electrons. The first-order chi connectivity index (χ1) is 14.8. The summed E-state index contributed by atoms with van der Waals surface area (Å²) in [7, 11) is 1.42. The number of amides is 4. The average molecular weight is 420 g/mol. The van der Waals surface area contributed by atoms with Gasteiger partial charge in [0.1, 0.15) is 0 Å². The molecule has 8 nitrogen and oxygen atoms in total. The molecule has 2 aliphatic rings. The van der Waals surface area contributed by atoms with Gasteiger partial charge in [0, 0.05) is 31.4 Å². The molecule has 0 aromatic heterocycles. The Labute approximate surface area is 180 Å². The van der Waals surface area contributed by atoms with E-state index in [1.807, 2.05) is 24.3 Å². The van der Waals surface area contributed by atoms with Crippen molar-refractivity contribution in [2.75, 3.05) is 25.5 Å². The number of nitrogens with zero attached hydrogens (tertiary/aromatic N) is 2. The lowest BCUT2D eigenvalue weighted by Gasteiger charge is -2.31. The lowest BCUT2D eigenvalue weighted by atomic mass is 9.97. The van der Waals surface area contributed by atoms with E-state index in [2.05, 4.69) is 10.2 Å². The smallest absolute Gasteiger partial charge is 0.261 e. The van der Waals surface area contributed by atoms with E-state index in [0.717, 1.165) is 29.8 Å². The number of likely N-dealkylation sites (tertiary alicyclic amines) is 1. The summed E-state index contributed by atoms with van der Waals surface area (Å²) in [6.45, 7) is 2.05. The molecule has 31 heavy (non-hydrogen) atoms. The molecular formula is C23H24N4O4. The highest BCUT2D eigenvalue weighted by Crippen LogP contribution is 2.25. The monoisotopic (exact) mass is 420 g/mol. The van der Waals surface area contributed by atoms with Crippen LogP contribution in [0.2, 0.25) is 0 Å². The second-order valence-corrected chi connectivity index (χ2v) is 8.02. The van der Waals surface area contributed by atoms with Crippen LogP contribution in [-0.2, 0) is 11.3 Å². The summed E-state index contributed by atoms with van der Waals surface area (Å²) in [4.78, 5) is 51.9. The first-order valence-electron chi connectivity index (χ1n) is 10.2. The zero-order valence-corrected chi connectivity index (χ0v) is 17.3. The van der Waals surface area contributed by atoms with Gasteiger partial charge in [-0.2, -0.15) is 0 Å². The third-order valence-electron chi connectivity index (χ3n) is 5.92. The predicted molar refractivity (Wildman–Crippen MR) is 114 cm³/mol. The Morgan fingerprint density at radius 3 is 2.61 bits per heavy atom. The first-order valence-corrected chi connectivity index (χ1v) is 10.2. The van der Waals surface area contributed by atoms with Crippen molar-refractivity contribution in [3.63, 3.8) is 0 Å². The number of hydrogen-bond donors (Lipinski definition) is 2. The van der Waals surface area contributed by atoms with Crippen molar-refractivity contribution in [3.05, 3.63) is 64.7 Å². The molecular weight excluding hydrogens is 396 g/mol. The molecule has 0 aliphatic carbocycles. The lowest BCUT2D eigenvalue weighted by molar-refractivity contribution is -0.123. The number of primary amides is 1. The number of imide groups is 1. The molecule has 4 amide bonds. The van der Waals surface area contributed by atoms with Gasteiger partial charge in [-0.1, -0.05) is 18.2 Å². The summed E-state index contributed by atoms with van der Waals surface area (Å²) in [5.74, 6) is -1.57. The van der Waals surface area contributed by atoms with E-state index < -0.39 is 5.91 Å². The van der Waals surface area contributed by atoms with E-state index in [9.17, 15) is 19.2 Å². The number of anilines is 1. The van der Waals surface area contributed by atoms with Crippen molar-refractivity contribution < 1.29 is 19.2 Å². The minimum Gasteiger partial charge on any atom is -0.369 e. The highest BCUT2D eigenvalue weighted by molar-refractivity contribution is 6.22. The molecule has 1 atom stereocenters. The van der Waals surface area contributed by atoms with Crippen molar-refractivity contribution in [3.8, 4) is 0 Å². The number of piperidine rings is 1. The quantitative estimate of drug-likeness (QED) is 0.717. The number of nitrogens with one attached hydrogen (secondary N) is 1. The maximum Gasteiger partial charge on any atom is 0.261 e. The number of fused-ring (bicyclic) bond motifs is 1. The summed E-state index contributed by atoms with van der Waals surface area (Å²) in [6.07, 6.45) is 1.71. The maximum atomic E-state index is 12.9. The molecule has 0 radical (unpaired) electrons. The molecule has 1 saturated heterocycles. The van der Waals surface area contributed by atoms with Gasteiger partial charge in [0.05, 0.1) is 17.0 Å². The lowest BCUT2D eigenvalue weighted by Crippen LogP contribution is -2.40. The Hall–Kier alpha value is -3.52. The zero-order valence-electron chi connectivity index (χ0n) is 17.3. The molecule has 2 aliphatic heterocycles. The summed E-state index contributed by atoms with van der Waals surface area (Å²) in [5, 5.41) is 2.91. The fraction of sp³-hybridized carbons (Fsp3) is 0.304. The van der Waals surface area contributed by atoms with Crippen LogP contribution in [0.15, 0.2) is 42.5 Å². The van der Waals surface area contributed by atoms with Crippen LogP contribution in [0.4, 0.5) is 5.69 Å². The largest absolute Gasteiger partial charge is 0.369 e. The Morgan fingerprint density at radius 2 is 1.84 bits per heavy atom. The van der Waals surface area contributed by atoms with E-state index in [1.54, 1.807) is 6.07 Å². The second-order valence-electron chi connectivity index (χ2n) is 8.02. The van der Waals surface area contributed by atoms with Crippen LogP contribution >= 0.6 is 0 Å². The van der Waals surface area contributed by atoms with Crippen molar-refractivity contribution in [2.45, 2.75) is 19.4 Å². The summed E-state index contributed by atoms with van der Waals surface area (Å²) < 4.78 is 0. The fourth-order valence-electron chi connectivity index (χ4n) is 4.15. The summed E-state index contributed by atoms with van der Waals surface area (Å²) in [6, 6.07) is 12.0. The Bertz CT molecular complexity index is 1080. The van der Waals surface area contributed by atoms with Crippen LogP contribution in [-0.4, -0.2) is 53.6 Å². The summed E-state index contributed by atoms with van der Waals surface area (Å²) in [5.41, 5.74) is 7.91. The maximum absolute atomic E-state index is 12.9. The number of carbonyl (C=O) groups excluding carboxylic acids is 4. The highest BCUT2D eigenvalue weighted by atomic mass is 16.2. The number of para-hydroxylation sites is 1. The van der Waals surface area contributed by atoms with Gasteiger partial charge in [0.25, 0.3) is 17.7 Å². The Morgan fingerprint density at radius 1 is 1.10 bits per heavy atom. The average Bonchev–Trinajstić information content (AvgIpc) is 2.99. The van der Waals surface area contributed by atoms with Crippen LogP contribution < -0.4 is 11.1 Å². The third kappa shape index (κ3) is 4.06. The second kappa shape index (κ2) is 8.31. The molecule has 0 saturated carbocycles. The van der Waals surface area contributed by atoms with E-state index in [0.29, 0.717) is 29.9 Å². The van der Waals surface area contributed by atoms with Crippen LogP contribution in [0.3, 0.4) is 0 Å². The predicted octanol–water partition coefficient (Wildman–Crippen LogP) is 1.86. The van der Waals surface area contributed by atoms with E-state index >= 15 is 0 Å². The Kier molecular flexibility index (Phi) is 5.56. The molecule has 2 aromatic carbocycles. The molecule has 2 aromatic rings. The van der Waals surface area contributed by atoms with E-state index in [1.165, 1.54) is 19.2 Å². The van der Waals surface area contributed by atoms with Gasteiger partial charge < -0.3 is 11.1 Å². The minimum atomic E-state index is -0.413. The molecule has 8 heteroatoms. The number of hydrogen-bond acceptors (Lipinski definition) is 5. The summed E-state index contributed by atoms with van der Waals surface area (Å²) >= 11 is 0. The van der Waals surface area contributed by atoms with Crippen LogP contribution in [0.5, 0.6) is 0 Å². The van der Waals surface area contributed by atoms with E-state index in [4.69, 9.17) is 5.73 Å². The molecule has 4 rings (SSSR count). The molecule has 1 fully saturated rings. The van der Waals surface area contributed by atoms with Crippen LogP contribution in [0, 0.1) is 5.92 Å². The van der Waals surface area contributed by atoms with Crippen molar-refractivity contribution >= 4 is 29.3 Å². The molecule has 3 N–H and O–H groups in total. The van der Waals surface area contributed by atoms with Gasteiger partial charge in [0.15, 0.2) is 0 Å². The van der Waals surface area contributed by atoms with Gasteiger partial charge in [-0.15, -0.1) is 0 Å². The Balaban J connectivity index is 1.51. The number of rotatable bonds is 5. The third-order valence-corrected chi connectivity index (χ3v) is 5.92. The number of benzene rings is 2. The number of nitrogens with two attached hydrogens (primary N) is 1. The molecule has 0 bridgehead atoms. The van der Waals surface area contributed by atoms with E-state index in [-0.39, 0.29) is 29.2 Å². The van der Waals surface area contributed by atoms with Crippen LogP contribution in [0.25, 0.3) is 0 Å². The first kappa shape index (κ1) is 20.7. The van der Waals surface area contributed by atoms with Gasteiger partial charge in [-0.25, -0.2) is 0 Å². The highest BCUT2D eigenvalue weighted by Gasteiger charge is 2.33. The SMILES string of the molecule is CN1C(=O)c2ccc(C(=O)Nc3ccccc3CN3CCCC(C(N)=O)C3)cc2C1=O. The normalized spacial score (nSPS) is 18.7.